The molecule has 1 unspecified atom stereocenters. The number of hydrogen-bond acceptors (Lipinski definition) is 3. The zero-order chi connectivity index (χ0) is 20.5. The Morgan fingerprint density at radius 2 is 1.83 bits per heavy atom. The minimum absolute atomic E-state index is 0.0491. The Bertz CT molecular complexity index is 917. The number of benzene rings is 1. The van der Waals surface area contributed by atoms with Crippen LogP contribution in [0.25, 0.3) is 5.69 Å². The normalized spacial score (nSPS) is 20.3. The summed E-state index contributed by atoms with van der Waals surface area (Å²) < 4.78 is 15.6. The number of amides is 2. The third kappa shape index (κ3) is 3.78. The summed E-state index contributed by atoms with van der Waals surface area (Å²) in [4.78, 5) is 29.8. The smallest absolute Gasteiger partial charge is 0.275 e. The molecule has 2 aliphatic heterocycles. The van der Waals surface area contributed by atoms with Gasteiger partial charge in [-0.25, -0.2) is 9.07 Å². The summed E-state index contributed by atoms with van der Waals surface area (Å²) >= 11 is 0. The number of nitrogens with zero attached hydrogens (tertiary/aromatic N) is 4. The van der Waals surface area contributed by atoms with E-state index in [1.54, 1.807) is 36.1 Å². The molecular weight excluding hydrogens is 371 g/mol. The standard InChI is InChI=1S/C22H27FN4O2/c1-15-9-12-25(13-10-15)22(29)20-8-5-11-26(20)21(28)18-14-16(2)27(24-18)19-7-4-3-6-17(19)23/h3-4,6-7,14-15,20H,5,8-13H2,1-2H3. The second-order valence-corrected chi connectivity index (χ2v) is 8.20. The molecule has 1 aromatic heterocycles. The maximum Gasteiger partial charge on any atom is 0.275 e. The van der Waals surface area contributed by atoms with Crippen molar-refractivity contribution < 1.29 is 14.0 Å². The van der Waals surface area contributed by atoms with E-state index in [-0.39, 0.29) is 17.5 Å². The number of rotatable bonds is 3. The number of para-hydroxylation sites is 1. The molecule has 0 aliphatic carbocycles. The Morgan fingerprint density at radius 3 is 2.55 bits per heavy atom. The average Bonchev–Trinajstić information content (AvgIpc) is 3.35. The Labute approximate surface area is 170 Å². The highest BCUT2D eigenvalue weighted by atomic mass is 19.1. The highest BCUT2D eigenvalue weighted by Gasteiger charge is 2.38. The van der Waals surface area contributed by atoms with Gasteiger partial charge >= 0.3 is 0 Å². The van der Waals surface area contributed by atoms with Crippen molar-refractivity contribution in [1.82, 2.24) is 19.6 Å². The molecule has 6 nitrogen and oxygen atoms in total. The highest BCUT2D eigenvalue weighted by Crippen LogP contribution is 2.25. The van der Waals surface area contributed by atoms with E-state index >= 15 is 0 Å². The van der Waals surface area contributed by atoms with Gasteiger partial charge in [0.25, 0.3) is 5.91 Å². The van der Waals surface area contributed by atoms with Crippen molar-refractivity contribution in [3.05, 3.63) is 47.5 Å². The first-order chi connectivity index (χ1) is 14.0. The minimum atomic E-state index is -0.421. The van der Waals surface area contributed by atoms with Crippen LogP contribution in [0, 0.1) is 18.7 Å². The molecular formula is C22H27FN4O2. The van der Waals surface area contributed by atoms with E-state index in [1.165, 1.54) is 10.7 Å². The fraction of sp³-hybridized carbons (Fsp3) is 0.500. The van der Waals surface area contributed by atoms with Crippen LogP contribution in [0.1, 0.15) is 48.8 Å². The van der Waals surface area contributed by atoms with Gasteiger partial charge in [-0.3, -0.25) is 9.59 Å². The van der Waals surface area contributed by atoms with Gasteiger partial charge in [0.1, 0.15) is 17.5 Å². The number of aryl methyl sites for hydroxylation is 1. The van der Waals surface area contributed by atoms with Crippen molar-refractivity contribution in [3.63, 3.8) is 0 Å². The number of aromatic nitrogens is 2. The molecule has 0 saturated carbocycles. The molecule has 2 saturated heterocycles. The monoisotopic (exact) mass is 398 g/mol. The van der Waals surface area contributed by atoms with Crippen LogP contribution in [0.5, 0.6) is 0 Å². The van der Waals surface area contributed by atoms with Crippen molar-refractivity contribution in [2.75, 3.05) is 19.6 Å². The van der Waals surface area contributed by atoms with E-state index in [0.717, 1.165) is 32.4 Å². The van der Waals surface area contributed by atoms with E-state index in [1.807, 2.05) is 4.90 Å². The quantitative estimate of drug-likeness (QED) is 0.798. The van der Waals surface area contributed by atoms with E-state index in [4.69, 9.17) is 0 Å². The van der Waals surface area contributed by atoms with Crippen molar-refractivity contribution in [3.8, 4) is 5.69 Å². The van der Waals surface area contributed by atoms with Gasteiger partial charge in [0, 0.05) is 25.3 Å². The summed E-state index contributed by atoms with van der Waals surface area (Å²) in [6.45, 7) is 6.07. The molecule has 0 N–H and O–H groups in total. The van der Waals surface area contributed by atoms with Gasteiger partial charge in [0.15, 0.2) is 5.69 Å². The number of carbonyl (C=O) groups excluding carboxylic acids is 2. The largest absolute Gasteiger partial charge is 0.341 e. The second kappa shape index (κ2) is 7.97. The predicted molar refractivity (Wildman–Crippen MR) is 107 cm³/mol. The molecule has 154 valence electrons. The Morgan fingerprint density at radius 1 is 1.10 bits per heavy atom. The van der Waals surface area contributed by atoms with E-state index < -0.39 is 11.9 Å². The van der Waals surface area contributed by atoms with Crippen LogP contribution in [-0.4, -0.2) is 57.1 Å². The van der Waals surface area contributed by atoms with Crippen molar-refractivity contribution >= 4 is 11.8 Å². The molecule has 0 bridgehead atoms. The summed E-state index contributed by atoms with van der Waals surface area (Å²) in [5.74, 6) is 0.0364. The van der Waals surface area contributed by atoms with Crippen molar-refractivity contribution in [2.24, 2.45) is 5.92 Å². The van der Waals surface area contributed by atoms with E-state index in [0.29, 0.717) is 30.3 Å². The first-order valence-electron chi connectivity index (χ1n) is 10.4. The van der Waals surface area contributed by atoms with Crippen LogP contribution in [-0.2, 0) is 4.79 Å². The molecule has 1 aromatic carbocycles. The number of halogens is 1. The Kier molecular flexibility index (Phi) is 5.39. The topological polar surface area (TPSA) is 58.4 Å². The zero-order valence-electron chi connectivity index (χ0n) is 17.0. The fourth-order valence-corrected chi connectivity index (χ4v) is 4.30. The average molecular weight is 398 g/mol. The Balaban J connectivity index is 1.54. The number of hydrogen-bond donors (Lipinski definition) is 0. The van der Waals surface area contributed by atoms with Crippen LogP contribution in [0.3, 0.4) is 0 Å². The van der Waals surface area contributed by atoms with Crippen LogP contribution in [0.4, 0.5) is 4.39 Å². The molecule has 2 aromatic rings. The molecule has 0 radical (unpaired) electrons. The maximum absolute atomic E-state index is 14.2. The summed E-state index contributed by atoms with van der Waals surface area (Å²) in [5, 5.41) is 4.36. The van der Waals surface area contributed by atoms with Gasteiger partial charge in [-0.15, -0.1) is 0 Å². The molecule has 2 fully saturated rings. The van der Waals surface area contributed by atoms with Crippen LogP contribution < -0.4 is 0 Å². The van der Waals surface area contributed by atoms with Crippen LogP contribution in [0.15, 0.2) is 30.3 Å². The SMILES string of the molecule is Cc1cc(C(=O)N2CCCC2C(=O)N2CCC(C)CC2)nn1-c1ccccc1F. The lowest BCUT2D eigenvalue weighted by Crippen LogP contribution is -2.50. The van der Waals surface area contributed by atoms with Gasteiger partial charge in [0.2, 0.25) is 5.91 Å². The second-order valence-electron chi connectivity index (χ2n) is 8.20. The van der Waals surface area contributed by atoms with Crippen LogP contribution >= 0.6 is 0 Å². The molecule has 0 spiro atoms. The third-order valence-electron chi connectivity index (χ3n) is 6.08. The number of piperidine rings is 1. The number of carbonyl (C=O) groups is 2. The van der Waals surface area contributed by atoms with Crippen molar-refractivity contribution in [1.29, 1.82) is 0 Å². The predicted octanol–water partition coefficient (Wildman–Crippen LogP) is 3.18. The van der Waals surface area contributed by atoms with E-state index in [9.17, 15) is 14.0 Å². The highest BCUT2D eigenvalue weighted by molar-refractivity contribution is 5.96. The minimum Gasteiger partial charge on any atom is -0.341 e. The summed E-state index contributed by atoms with van der Waals surface area (Å²) in [6, 6.07) is 7.59. The van der Waals surface area contributed by atoms with Gasteiger partial charge in [-0.2, -0.15) is 5.10 Å². The van der Waals surface area contributed by atoms with Gasteiger partial charge < -0.3 is 9.80 Å². The lowest BCUT2D eigenvalue weighted by Gasteiger charge is -2.34. The Hall–Kier alpha value is -2.70. The zero-order valence-corrected chi connectivity index (χ0v) is 17.0. The third-order valence-corrected chi connectivity index (χ3v) is 6.08. The summed E-state index contributed by atoms with van der Waals surface area (Å²) in [5.41, 5.74) is 1.23. The van der Waals surface area contributed by atoms with E-state index in [2.05, 4.69) is 12.0 Å². The first-order valence-corrected chi connectivity index (χ1v) is 10.4. The summed E-state index contributed by atoms with van der Waals surface area (Å²) in [6.07, 6.45) is 3.51. The van der Waals surface area contributed by atoms with Gasteiger partial charge in [-0.05, 0) is 56.7 Å². The molecule has 29 heavy (non-hydrogen) atoms. The molecule has 2 aliphatic rings. The molecule has 4 rings (SSSR count). The lowest BCUT2D eigenvalue weighted by molar-refractivity contribution is -0.136. The van der Waals surface area contributed by atoms with Gasteiger partial charge in [0.05, 0.1) is 0 Å². The molecule has 2 amide bonds. The maximum atomic E-state index is 14.2. The van der Waals surface area contributed by atoms with Crippen LogP contribution in [0.2, 0.25) is 0 Å². The number of likely N-dealkylation sites (tertiary alicyclic amines) is 2. The fourth-order valence-electron chi connectivity index (χ4n) is 4.30. The molecule has 1 atom stereocenters. The first kappa shape index (κ1) is 19.6. The molecule has 3 heterocycles. The lowest BCUT2D eigenvalue weighted by atomic mass is 9.98. The summed E-state index contributed by atoms with van der Waals surface area (Å²) in [7, 11) is 0. The van der Waals surface area contributed by atoms with Gasteiger partial charge in [-0.1, -0.05) is 19.1 Å². The molecule has 7 heteroatoms. The van der Waals surface area contributed by atoms with Crippen molar-refractivity contribution in [2.45, 2.75) is 45.6 Å².